The number of aliphatic imine (C=N–C) groups is 2. The van der Waals surface area contributed by atoms with Crippen molar-refractivity contribution in [1.29, 1.82) is 0 Å². The van der Waals surface area contributed by atoms with E-state index in [0.29, 0.717) is 32.1 Å². The molecule has 46 nitrogen and oxygen atoms in total. The molecule has 0 unspecified atom stereocenters. The van der Waals surface area contributed by atoms with Gasteiger partial charge in [-0.1, -0.05) is 83.1 Å². The summed E-state index contributed by atoms with van der Waals surface area (Å²) in [7, 11) is 0. The lowest BCUT2D eigenvalue weighted by atomic mass is 9.98. The summed E-state index contributed by atoms with van der Waals surface area (Å²) >= 11 is 0. The molecule has 2 fully saturated rings. The van der Waals surface area contributed by atoms with Gasteiger partial charge in [-0.3, -0.25) is 86.7 Å². The second-order valence-electron chi connectivity index (χ2n) is 35.2. The summed E-state index contributed by atoms with van der Waals surface area (Å²) in [5, 5.41) is 64.5. The van der Waals surface area contributed by atoms with E-state index >= 15 is 0 Å². The van der Waals surface area contributed by atoms with Gasteiger partial charge in [0.25, 0.3) is 0 Å². The summed E-state index contributed by atoms with van der Waals surface area (Å²) in [4.78, 5) is 255. The van der Waals surface area contributed by atoms with Crippen LogP contribution in [0.1, 0.15) is 205 Å². The van der Waals surface area contributed by atoms with Gasteiger partial charge in [0.05, 0.1) is 37.5 Å². The van der Waals surface area contributed by atoms with Crippen molar-refractivity contribution in [1.82, 2.24) is 88.9 Å². The summed E-state index contributed by atoms with van der Waals surface area (Å²) < 4.78 is 0. The second kappa shape index (κ2) is 55.3. The number of likely N-dealkylation sites (tertiary alicyclic amines) is 2. The smallest absolute Gasteiger partial charge is 0.328 e. The molecule has 2 saturated heterocycles. The predicted octanol–water partition coefficient (Wildman–Crippen LogP) is -6.35. The molecule has 17 atom stereocenters. The number of amides is 16. The van der Waals surface area contributed by atoms with E-state index in [1.807, 2.05) is 0 Å². The molecule has 128 heavy (non-hydrogen) atoms. The third kappa shape index (κ3) is 38.6. The number of H-pyrrole nitrogens is 1. The fourth-order valence-corrected chi connectivity index (χ4v) is 14.5. The van der Waals surface area contributed by atoms with Crippen LogP contribution < -0.4 is 109 Å². The Labute approximate surface area is 747 Å². The molecule has 0 bridgehead atoms. The zero-order valence-corrected chi connectivity index (χ0v) is 76.3. The number of nitrogens with one attached hydrogen (secondary N) is 14. The molecule has 722 valence electrons. The topological polar surface area (TPSA) is 749 Å². The van der Waals surface area contributed by atoms with Gasteiger partial charge in [0.2, 0.25) is 94.5 Å². The van der Waals surface area contributed by atoms with Crippen molar-refractivity contribution in [2.45, 2.75) is 309 Å². The normalized spacial score (nSPS) is 17.3. The van der Waals surface area contributed by atoms with Gasteiger partial charge in [-0.15, -0.1) is 0 Å². The average Bonchev–Trinajstić information content (AvgIpc) is 1.65. The fourth-order valence-electron chi connectivity index (χ4n) is 14.5. The maximum absolute atomic E-state index is 14.6. The lowest BCUT2D eigenvalue weighted by Gasteiger charge is -2.31. The Morgan fingerprint density at radius 3 is 1.24 bits per heavy atom. The maximum Gasteiger partial charge on any atom is 0.328 e. The first kappa shape index (κ1) is 111. The Morgan fingerprint density at radius 1 is 0.445 bits per heavy atom. The van der Waals surface area contributed by atoms with Gasteiger partial charge in [0.15, 0.2) is 18.0 Å². The SMILES string of the molecule is CC(C)C[C@H](NC(=O)[C@H](CC(C)C)NC(=O)[C@H](CCCCN)NC(=O)[C@@H](NC(=O)[C@@H]1CCCN1C(=O)[C@@H](N)CCCN=C(N)N)C(C)C)C(=O)N[C@@H](CCCN=C(N)N)C(=O)NCC(=O)N[C@@H](Cc1cnc[nH]1)C(=O)N[C@H](C(=O)N[C@@H](CC(C)C)C(=O)N[C@H](C(=O)N[C@@H](CC(C)C)C(=O)N[C@@H](CC(N)=O)C(=O)N1CCC[C@H]1C(=O)N[C@H](C(=O)O)[C@@H](C)O)C(C)C)[C@@H](C)O. The first-order chi connectivity index (χ1) is 60.0. The summed E-state index contributed by atoms with van der Waals surface area (Å²) in [5.41, 5.74) is 40.0. The Hall–Kier alpha value is -11.4. The van der Waals surface area contributed by atoms with E-state index in [4.69, 9.17) is 40.1 Å². The van der Waals surface area contributed by atoms with Gasteiger partial charge in [-0.2, -0.15) is 0 Å². The zero-order chi connectivity index (χ0) is 96.7. The van der Waals surface area contributed by atoms with Crippen LogP contribution in [0.3, 0.4) is 0 Å². The number of carboxylic acid groups (broad SMARTS) is 1. The number of aliphatic hydroxyl groups excluding tert-OH is 2. The van der Waals surface area contributed by atoms with Gasteiger partial charge < -0.3 is 139 Å². The number of aromatic nitrogens is 2. The van der Waals surface area contributed by atoms with Crippen LogP contribution in [0.4, 0.5) is 0 Å². The van der Waals surface area contributed by atoms with Gasteiger partial charge in [0.1, 0.15) is 78.5 Å². The summed E-state index contributed by atoms with van der Waals surface area (Å²) in [6, 6.07) is -21.0. The number of unbranched alkanes of at least 4 members (excludes halogenated alkanes) is 1. The molecule has 3 rings (SSSR count). The number of aliphatic hydroxyl groups is 2. The van der Waals surface area contributed by atoms with Crippen LogP contribution in [0.2, 0.25) is 0 Å². The quantitative estimate of drug-likeness (QED) is 0.0164. The number of hydrogen-bond donors (Lipinski definition) is 24. The molecule has 0 spiro atoms. The summed E-state index contributed by atoms with van der Waals surface area (Å²) in [6.07, 6.45) is 0.664. The van der Waals surface area contributed by atoms with E-state index in [1.165, 1.54) is 17.4 Å². The fraction of sp³-hybridized carbons (Fsp3) is 0.732. The van der Waals surface area contributed by atoms with Crippen LogP contribution in [0.25, 0.3) is 0 Å². The van der Waals surface area contributed by atoms with Crippen LogP contribution in [-0.2, 0) is 87.9 Å². The van der Waals surface area contributed by atoms with Crippen LogP contribution in [0.15, 0.2) is 22.5 Å². The minimum atomic E-state index is -1.85. The molecule has 0 aromatic carbocycles. The number of nitrogens with two attached hydrogens (primary N) is 7. The number of hydrogen-bond acceptors (Lipinski definition) is 24. The Bertz CT molecular complexity index is 3930. The number of nitrogens with zero attached hydrogens (tertiary/aromatic N) is 5. The molecule has 2 aliphatic rings. The molecule has 16 amide bonds. The molecular formula is C82H144N26O20. The third-order valence-corrected chi connectivity index (χ3v) is 21.2. The number of aromatic amines is 1. The van der Waals surface area contributed by atoms with Crippen molar-refractivity contribution >= 4 is 112 Å². The van der Waals surface area contributed by atoms with E-state index in [9.17, 15) is 96.8 Å². The van der Waals surface area contributed by atoms with Gasteiger partial charge in [0, 0.05) is 44.5 Å². The molecule has 31 N–H and O–H groups in total. The zero-order valence-electron chi connectivity index (χ0n) is 76.3. The molecular weight excluding hydrogens is 1670 g/mol. The van der Waals surface area contributed by atoms with Crippen molar-refractivity contribution < 1.29 is 96.8 Å². The van der Waals surface area contributed by atoms with Gasteiger partial charge >= 0.3 is 5.97 Å². The minimum absolute atomic E-state index is 0.0118. The van der Waals surface area contributed by atoms with Gasteiger partial charge in [-0.25, -0.2) is 9.78 Å². The standard InChI is InChI=1S/C82H144N26O20/c1-40(2)31-52(99-69(116)53(32-41(3)4)98-67(114)51(22-15-16-26-83)97-75(122)63(45(11)12)104-73(120)58-24-19-29-107(58)78(125)49(84)21-17-27-91-81(86)87)68(115)96-50(23-18-28-92-82(88)89)66(113)93-38-61(112)95-56(35-48-37-90-39-94-48)72(119)105-64(46(13)109)77(124)101-55(34-43(7)8)71(118)103-62(44(9)10)76(123)100-54(33-42(5)6)70(117)102-57(36-60(85)111)79(126)108-30-20-25-59(108)74(121)106-65(47(14)110)80(127)128/h37,39-47,49-59,62-65,109-110H,15-36,38,83-84H2,1-14H3,(H2,85,111)(H,90,94)(H,93,113)(H,95,112)(H,96,115)(H,97,122)(H,98,114)(H,99,116)(H,100,123)(H,101,124)(H,102,117)(H,103,118)(H,104,120)(H,105,119)(H,106,121)(H,127,128)(H4,86,87,91)(H4,88,89,92)/t46-,47-,49+,50+,51+,52+,53+,54+,55+,56+,57+,58+,59+,62+,63+,64+,65+/m1/s1. The first-order valence-electron chi connectivity index (χ1n) is 43.9. The van der Waals surface area contributed by atoms with E-state index < -0.39 is 228 Å². The number of aliphatic carboxylic acids is 1. The number of carboxylic acids is 1. The average molecular weight is 1810 g/mol. The molecule has 3 heterocycles. The Balaban J connectivity index is 1.87. The Kier molecular flexibility index (Phi) is 47.9. The lowest BCUT2D eigenvalue weighted by molar-refractivity contribution is -0.147. The van der Waals surface area contributed by atoms with Crippen molar-refractivity contribution in [2.24, 2.45) is 85.6 Å². The van der Waals surface area contributed by atoms with E-state index in [2.05, 4.69) is 89.1 Å². The highest BCUT2D eigenvalue weighted by Crippen LogP contribution is 2.24. The van der Waals surface area contributed by atoms with Crippen LogP contribution >= 0.6 is 0 Å². The number of guanidine groups is 2. The highest BCUT2D eigenvalue weighted by Gasteiger charge is 2.44. The van der Waals surface area contributed by atoms with Crippen molar-refractivity contribution in [3.05, 3.63) is 18.2 Å². The monoisotopic (exact) mass is 1810 g/mol. The molecule has 46 heteroatoms. The molecule has 2 aliphatic heterocycles. The van der Waals surface area contributed by atoms with Crippen molar-refractivity contribution in [2.75, 3.05) is 39.3 Å². The molecule has 0 radical (unpaired) electrons. The van der Waals surface area contributed by atoms with Gasteiger partial charge in [-0.05, 0) is 152 Å². The number of imidazole rings is 1. The number of carbonyl (C=O) groups is 17. The lowest BCUT2D eigenvalue weighted by Crippen LogP contribution is -2.62. The van der Waals surface area contributed by atoms with E-state index in [-0.39, 0.29) is 145 Å². The molecule has 0 saturated carbocycles. The van der Waals surface area contributed by atoms with E-state index in [1.54, 1.807) is 83.1 Å². The number of primary amides is 1. The number of rotatable bonds is 57. The van der Waals surface area contributed by atoms with Crippen molar-refractivity contribution in [3.63, 3.8) is 0 Å². The largest absolute Gasteiger partial charge is 0.480 e. The molecule has 1 aromatic heterocycles. The first-order valence-corrected chi connectivity index (χ1v) is 43.9. The Morgan fingerprint density at radius 2 is 0.820 bits per heavy atom. The maximum atomic E-state index is 14.6. The predicted molar refractivity (Wildman–Crippen MR) is 471 cm³/mol. The molecule has 0 aliphatic carbocycles. The molecule has 1 aromatic rings. The van der Waals surface area contributed by atoms with Crippen molar-refractivity contribution in [3.8, 4) is 0 Å². The summed E-state index contributed by atoms with van der Waals surface area (Å²) in [5.74, 6) is -18.4. The van der Waals surface area contributed by atoms with Crippen LogP contribution in [0.5, 0.6) is 0 Å². The number of carbonyl (C=O) groups excluding carboxylic acids is 16. The second-order valence-corrected chi connectivity index (χ2v) is 35.2. The highest BCUT2D eigenvalue weighted by atomic mass is 16.4. The van der Waals surface area contributed by atoms with Crippen LogP contribution in [0, 0.1) is 35.5 Å². The van der Waals surface area contributed by atoms with E-state index in [0.717, 1.165) is 18.7 Å². The summed E-state index contributed by atoms with van der Waals surface area (Å²) in [6.45, 7) is 22.6. The minimum Gasteiger partial charge on any atom is -0.480 e. The van der Waals surface area contributed by atoms with Crippen LogP contribution in [-0.4, -0.2) is 290 Å². The third-order valence-electron chi connectivity index (χ3n) is 21.2. The highest BCUT2D eigenvalue weighted by molar-refractivity contribution is 6.01.